The van der Waals surface area contributed by atoms with Crippen LogP contribution < -0.4 is 10.1 Å². The van der Waals surface area contributed by atoms with Gasteiger partial charge in [0, 0.05) is 11.3 Å². The molecule has 0 saturated heterocycles. The van der Waals surface area contributed by atoms with E-state index in [0.29, 0.717) is 23.6 Å². The molecule has 0 spiro atoms. The van der Waals surface area contributed by atoms with Gasteiger partial charge in [0.15, 0.2) is 15.9 Å². The van der Waals surface area contributed by atoms with Crippen LogP contribution in [0, 0.1) is 0 Å². The second kappa shape index (κ2) is 9.24. The summed E-state index contributed by atoms with van der Waals surface area (Å²) in [6.07, 6.45) is 1.72. The fourth-order valence-electron chi connectivity index (χ4n) is 2.63. The molecule has 2 aromatic carbocycles. The minimum absolute atomic E-state index is 0.216. The summed E-state index contributed by atoms with van der Waals surface area (Å²) in [6.45, 7) is 3.83. The third kappa shape index (κ3) is 5.97. The number of ether oxygens (including phenoxy) is 1. The Hall–Kier alpha value is -2.05. The number of benzene rings is 2. The van der Waals surface area contributed by atoms with Crippen molar-refractivity contribution in [2.24, 2.45) is 0 Å². The van der Waals surface area contributed by atoms with Crippen molar-refractivity contribution in [1.82, 2.24) is 5.32 Å². The van der Waals surface area contributed by atoms with E-state index < -0.39 is 15.9 Å². The molecule has 2 rings (SSSR count). The van der Waals surface area contributed by atoms with Gasteiger partial charge in [0.05, 0.1) is 10.9 Å². The van der Waals surface area contributed by atoms with Crippen LogP contribution in [0.4, 0.5) is 0 Å². The fourth-order valence-corrected chi connectivity index (χ4v) is 3.39. The van der Waals surface area contributed by atoms with Crippen molar-refractivity contribution < 1.29 is 17.9 Å². The molecule has 0 aromatic heterocycles. The van der Waals surface area contributed by atoms with Gasteiger partial charge in [-0.25, -0.2) is 8.42 Å². The molecule has 0 fully saturated rings. The number of carbonyl (C=O) groups excluding carboxylic acids is 1. The normalized spacial score (nSPS) is 13.6. The first-order chi connectivity index (χ1) is 12.7. The molecule has 5 nitrogen and oxygen atoms in total. The van der Waals surface area contributed by atoms with Gasteiger partial charge in [-0.2, -0.15) is 0 Å². The van der Waals surface area contributed by atoms with E-state index in [2.05, 4.69) is 5.32 Å². The van der Waals surface area contributed by atoms with Crippen LogP contribution in [0.2, 0.25) is 5.02 Å². The summed E-state index contributed by atoms with van der Waals surface area (Å²) in [4.78, 5) is 12.9. The Morgan fingerprint density at radius 2 is 1.63 bits per heavy atom. The first kappa shape index (κ1) is 21.3. The van der Waals surface area contributed by atoms with Crippen molar-refractivity contribution in [3.63, 3.8) is 0 Å². The molecule has 7 heteroatoms. The van der Waals surface area contributed by atoms with Gasteiger partial charge < -0.3 is 10.1 Å². The number of carbonyl (C=O) groups is 1. The van der Waals surface area contributed by atoms with Gasteiger partial charge in [0.2, 0.25) is 0 Å². The van der Waals surface area contributed by atoms with Crippen molar-refractivity contribution in [3.8, 4) is 5.75 Å². The Morgan fingerprint density at radius 1 is 1.04 bits per heavy atom. The molecule has 0 aliphatic heterocycles. The largest absolute Gasteiger partial charge is 0.481 e. The summed E-state index contributed by atoms with van der Waals surface area (Å²) in [6, 6.07) is 13.2. The monoisotopic (exact) mass is 409 g/mol. The summed E-state index contributed by atoms with van der Waals surface area (Å²) >= 11 is 5.87. The zero-order valence-corrected chi connectivity index (χ0v) is 17.2. The zero-order valence-electron chi connectivity index (χ0n) is 15.6. The smallest absolute Gasteiger partial charge is 0.261 e. The molecule has 2 atom stereocenters. The van der Waals surface area contributed by atoms with E-state index in [9.17, 15) is 13.2 Å². The van der Waals surface area contributed by atoms with Crippen molar-refractivity contribution in [2.45, 2.75) is 43.7 Å². The van der Waals surface area contributed by atoms with Crippen molar-refractivity contribution in [2.75, 3.05) is 6.26 Å². The van der Waals surface area contributed by atoms with Gasteiger partial charge in [0.1, 0.15) is 5.75 Å². The topological polar surface area (TPSA) is 72.5 Å². The van der Waals surface area contributed by atoms with Gasteiger partial charge in [-0.3, -0.25) is 4.79 Å². The molecule has 1 N–H and O–H groups in total. The lowest BCUT2D eigenvalue weighted by Gasteiger charge is -2.22. The van der Waals surface area contributed by atoms with Crippen molar-refractivity contribution in [1.29, 1.82) is 0 Å². The summed E-state index contributed by atoms with van der Waals surface area (Å²) in [5, 5.41) is 3.58. The number of hydrogen-bond acceptors (Lipinski definition) is 4. The molecular formula is C20H24ClNO4S. The lowest BCUT2D eigenvalue weighted by Crippen LogP contribution is -2.39. The second-order valence-electron chi connectivity index (χ2n) is 6.28. The standard InChI is InChI=1S/C20H24ClNO4S/c1-4-18(14-6-12-17(13-7-14)27(3,24)25)22-20(23)19(5-2)26-16-10-8-15(21)9-11-16/h6-13,18-19H,4-5H2,1-3H3,(H,22,23)/t18-,19-/m0/s1. The highest BCUT2D eigenvalue weighted by atomic mass is 35.5. The summed E-state index contributed by atoms with van der Waals surface area (Å²) in [5.41, 5.74) is 0.847. The molecule has 2 aromatic rings. The van der Waals surface area contributed by atoms with Gasteiger partial charge >= 0.3 is 0 Å². The van der Waals surface area contributed by atoms with Crippen LogP contribution in [0.5, 0.6) is 5.75 Å². The Morgan fingerprint density at radius 3 is 2.11 bits per heavy atom. The van der Waals surface area contributed by atoms with Crippen LogP contribution in [0.25, 0.3) is 0 Å². The van der Waals surface area contributed by atoms with Crippen LogP contribution in [0.15, 0.2) is 53.4 Å². The second-order valence-corrected chi connectivity index (χ2v) is 8.73. The van der Waals surface area contributed by atoms with Gasteiger partial charge in [-0.1, -0.05) is 37.6 Å². The van der Waals surface area contributed by atoms with Gasteiger partial charge in [0.25, 0.3) is 5.91 Å². The number of hydrogen-bond donors (Lipinski definition) is 1. The van der Waals surface area contributed by atoms with E-state index in [-0.39, 0.29) is 16.8 Å². The summed E-state index contributed by atoms with van der Waals surface area (Å²) in [5.74, 6) is 0.360. The zero-order chi connectivity index (χ0) is 20.0. The first-order valence-electron chi connectivity index (χ1n) is 8.77. The number of halogens is 1. The Kier molecular flexibility index (Phi) is 7.27. The molecule has 1 amide bonds. The molecule has 0 aliphatic rings. The first-order valence-corrected chi connectivity index (χ1v) is 11.0. The van der Waals surface area contributed by atoms with E-state index >= 15 is 0 Å². The van der Waals surface area contributed by atoms with Gasteiger partial charge in [-0.05, 0) is 54.8 Å². The highest BCUT2D eigenvalue weighted by molar-refractivity contribution is 7.90. The maximum atomic E-state index is 12.7. The Labute approximate surface area is 165 Å². The Balaban J connectivity index is 2.09. The van der Waals surface area contributed by atoms with E-state index in [1.807, 2.05) is 13.8 Å². The van der Waals surface area contributed by atoms with Crippen LogP contribution in [-0.2, 0) is 14.6 Å². The third-order valence-corrected chi connectivity index (χ3v) is 5.57. The average molecular weight is 410 g/mol. The van der Waals surface area contributed by atoms with Crippen LogP contribution in [-0.4, -0.2) is 26.7 Å². The highest BCUT2D eigenvalue weighted by Crippen LogP contribution is 2.21. The number of rotatable bonds is 8. The van der Waals surface area contributed by atoms with E-state index in [1.165, 1.54) is 6.26 Å². The molecule has 27 heavy (non-hydrogen) atoms. The molecule has 0 heterocycles. The molecule has 0 radical (unpaired) electrons. The van der Waals surface area contributed by atoms with E-state index in [1.54, 1.807) is 48.5 Å². The predicted molar refractivity (Wildman–Crippen MR) is 107 cm³/mol. The quantitative estimate of drug-likeness (QED) is 0.710. The maximum absolute atomic E-state index is 12.7. The lowest BCUT2D eigenvalue weighted by molar-refractivity contribution is -0.128. The van der Waals surface area contributed by atoms with Crippen LogP contribution in [0.1, 0.15) is 38.3 Å². The molecule has 0 unspecified atom stereocenters. The molecular weight excluding hydrogens is 386 g/mol. The summed E-state index contributed by atoms with van der Waals surface area (Å²) in [7, 11) is -3.25. The SMILES string of the molecule is CC[C@H](Oc1ccc(Cl)cc1)C(=O)N[C@@H](CC)c1ccc(S(C)(=O)=O)cc1. The van der Waals surface area contributed by atoms with Crippen molar-refractivity contribution in [3.05, 3.63) is 59.1 Å². The number of amides is 1. The van der Waals surface area contributed by atoms with Crippen molar-refractivity contribution >= 4 is 27.3 Å². The van der Waals surface area contributed by atoms with Crippen LogP contribution in [0.3, 0.4) is 0 Å². The molecule has 146 valence electrons. The third-order valence-electron chi connectivity index (χ3n) is 4.19. The maximum Gasteiger partial charge on any atom is 0.261 e. The Bertz CT molecular complexity index is 864. The van der Waals surface area contributed by atoms with E-state index in [0.717, 1.165) is 5.56 Å². The number of sulfone groups is 1. The van der Waals surface area contributed by atoms with Crippen LogP contribution >= 0.6 is 11.6 Å². The fraction of sp³-hybridized carbons (Fsp3) is 0.350. The number of nitrogens with one attached hydrogen (secondary N) is 1. The molecule has 0 aliphatic carbocycles. The average Bonchev–Trinajstić information content (AvgIpc) is 2.64. The minimum atomic E-state index is -3.25. The lowest BCUT2D eigenvalue weighted by atomic mass is 10.0. The highest BCUT2D eigenvalue weighted by Gasteiger charge is 2.22. The van der Waals surface area contributed by atoms with E-state index in [4.69, 9.17) is 16.3 Å². The molecule has 0 bridgehead atoms. The molecule has 0 saturated carbocycles. The summed E-state index contributed by atoms with van der Waals surface area (Å²) < 4.78 is 29.0. The van der Waals surface area contributed by atoms with Gasteiger partial charge in [-0.15, -0.1) is 0 Å². The predicted octanol–water partition coefficient (Wildman–Crippen LogP) is 4.17. The minimum Gasteiger partial charge on any atom is -0.481 e.